The number of nitrogens with one attached hydrogen (secondary N) is 1. The highest BCUT2D eigenvalue weighted by Crippen LogP contribution is 2.22. The monoisotopic (exact) mass is 185 g/mol. The van der Waals surface area contributed by atoms with E-state index in [4.69, 9.17) is 0 Å². The zero-order chi connectivity index (χ0) is 8.81. The molecule has 1 aromatic rings. The Morgan fingerprint density at radius 1 is 1.67 bits per heavy atom. The second-order valence-electron chi connectivity index (χ2n) is 2.78. The van der Waals surface area contributed by atoms with Crippen molar-refractivity contribution in [2.75, 3.05) is 13.6 Å². The maximum Gasteiger partial charge on any atom is 0.0882 e. The lowest BCUT2D eigenvalue weighted by atomic mass is 10.2. The number of aliphatic hydroxyl groups is 1. The van der Waals surface area contributed by atoms with E-state index in [-0.39, 0.29) is 6.10 Å². The van der Waals surface area contributed by atoms with E-state index in [0.717, 1.165) is 24.3 Å². The Hall–Kier alpha value is -0.380. The molecular formula is C9H15NOS. The van der Waals surface area contributed by atoms with E-state index in [2.05, 4.69) is 5.32 Å². The lowest BCUT2D eigenvalue weighted by molar-refractivity contribution is 0.168. The van der Waals surface area contributed by atoms with Gasteiger partial charge < -0.3 is 10.4 Å². The minimum Gasteiger partial charge on any atom is -0.388 e. The molecule has 0 radical (unpaired) electrons. The molecule has 0 aromatic carbocycles. The quantitative estimate of drug-likeness (QED) is 0.685. The van der Waals surface area contributed by atoms with Gasteiger partial charge in [0.2, 0.25) is 0 Å². The number of thiophene rings is 1. The van der Waals surface area contributed by atoms with E-state index in [1.165, 1.54) is 0 Å². The molecule has 12 heavy (non-hydrogen) atoms. The van der Waals surface area contributed by atoms with E-state index >= 15 is 0 Å². The topological polar surface area (TPSA) is 32.3 Å². The molecular weight excluding hydrogens is 170 g/mol. The molecule has 1 rings (SSSR count). The van der Waals surface area contributed by atoms with Gasteiger partial charge in [-0.05, 0) is 37.9 Å². The largest absolute Gasteiger partial charge is 0.388 e. The van der Waals surface area contributed by atoms with Crippen LogP contribution in [0.4, 0.5) is 0 Å². The third-order valence-corrected chi connectivity index (χ3v) is 2.75. The zero-order valence-electron chi connectivity index (χ0n) is 7.29. The molecule has 2 N–H and O–H groups in total. The molecule has 0 amide bonds. The third kappa shape index (κ3) is 2.93. The van der Waals surface area contributed by atoms with Gasteiger partial charge >= 0.3 is 0 Å². The van der Waals surface area contributed by atoms with Crippen LogP contribution in [0.5, 0.6) is 0 Å². The summed E-state index contributed by atoms with van der Waals surface area (Å²) in [4.78, 5) is 1.08. The van der Waals surface area contributed by atoms with Gasteiger partial charge in [-0.15, -0.1) is 11.3 Å². The predicted octanol–water partition coefficient (Wildman–Crippen LogP) is 1.78. The Kier molecular flexibility index (Phi) is 4.29. The maximum absolute atomic E-state index is 9.62. The van der Waals surface area contributed by atoms with E-state index in [1.807, 2.05) is 24.6 Å². The second-order valence-corrected chi connectivity index (χ2v) is 3.76. The molecule has 0 saturated heterocycles. The summed E-state index contributed by atoms with van der Waals surface area (Å²) < 4.78 is 0. The smallest absolute Gasteiger partial charge is 0.0882 e. The normalized spacial score (nSPS) is 13.2. The number of hydrogen-bond acceptors (Lipinski definition) is 3. The second kappa shape index (κ2) is 5.30. The molecule has 0 saturated carbocycles. The first-order chi connectivity index (χ1) is 5.84. The van der Waals surface area contributed by atoms with Crippen molar-refractivity contribution in [1.82, 2.24) is 5.32 Å². The van der Waals surface area contributed by atoms with Crippen LogP contribution in [0.1, 0.15) is 23.8 Å². The van der Waals surface area contributed by atoms with Crippen molar-refractivity contribution >= 4 is 11.3 Å². The van der Waals surface area contributed by atoms with Crippen molar-refractivity contribution in [2.24, 2.45) is 0 Å². The summed E-state index contributed by atoms with van der Waals surface area (Å²) in [5, 5.41) is 14.7. The fourth-order valence-electron chi connectivity index (χ4n) is 1.10. The highest BCUT2D eigenvalue weighted by molar-refractivity contribution is 7.10. The molecule has 0 fully saturated rings. The SMILES string of the molecule is CNCCCC(O)c1cccs1. The van der Waals surface area contributed by atoms with Crippen LogP contribution in [0.2, 0.25) is 0 Å². The van der Waals surface area contributed by atoms with Crippen LogP contribution < -0.4 is 5.32 Å². The van der Waals surface area contributed by atoms with E-state index in [9.17, 15) is 5.11 Å². The zero-order valence-corrected chi connectivity index (χ0v) is 8.10. The summed E-state index contributed by atoms with van der Waals surface area (Å²) in [6.07, 6.45) is 1.61. The number of rotatable bonds is 5. The fourth-order valence-corrected chi connectivity index (χ4v) is 1.84. The Balaban J connectivity index is 2.25. The van der Waals surface area contributed by atoms with Gasteiger partial charge in [0.1, 0.15) is 0 Å². The first-order valence-electron chi connectivity index (χ1n) is 4.20. The Morgan fingerprint density at radius 3 is 3.08 bits per heavy atom. The minimum absolute atomic E-state index is 0.265. The van der Waals surface area contributed by atoms with E-state index in [1.54, 1.807) is 11.3 Å². The van der Waals surface area contributed by atoms with Crippen LogP contribution >= 0.6 is 11.3 Å². The van der Waals surface area contributed by atoms with Gasteiger partial charge in [-0.3, -0.25) is 0 Å². The molecule has 0 aliphatic carbocycles. The average Bonchev–Trinajstić information content (AvgIpc) is 2.56. The third-order valence-electron chi connectivity index (χ3n) is 1.78. The van der Waals surface area contributed by atoms with E-state index < -0.39 is 0 Å². The van der Waals surface area contributed by atoms with Crippen LogP contribution in [0.15, 0.2) is 17.5 Å². The van der Waals surface area contributed by atoms with Gasteiger partial charge in [0, 0.05) is 4.88 Å². The molecule has 68 valence electrons. The van der Waals surface area contributed by atoms with Crippen molar-refractivity contribution in [3.63, 3.8) is 0 Å². The predicted molar refractivity (Wildman–Crippen MR) is 52.4 cm³/mol. The van der Waals surface area contributed by atoms with Gasteiger partial charge in [-0.25, -0.2) is 0 Å². The van der Waals surface area contributed by atoms with Crippen molar-refractivity contribution in [3.8, 4) is 0 Å². The Bertz CT molecular complexity index is 198. The van der Waals surface area contributed by atoms with Gasteiger partial charge in [-0.2, -0.15) is 0 Å². The molecule has 2 nitrogen and oxygen atoms in total. The molecule has 0 aliphatic heterocycles. The number of aliphatic hydroxyl groups excluding tert-OH is 1. The summed E-state index contributed by atoms with van der Waals surface area (Å²) in [5.74, 6) is 0. The van der Waals surface area contributed by atoms with Gasteiger partial charge in [0.15, 0.2) is 0 Å². The Labute approximate surface area is 77.2 Å². The summed E-state index contributed by atoms with van der Waals surface area (Å²) in [6, 6.07) is 3.95. The molecule has 1 unspecified atom stereocenters. The molecule has 0 bridgehead atoms. The highest BCUT2D eigenvalue weighted by atomic mass is 32.1. The lowest BCUT2D eigenvalue weighted by Crippen LogP contribution is -2.08. The first-order valence-corrected chi connectivity index (χ1v) is 5.08. The van der Waals surface area contributed by atoms with Gasteiger partial charge in [0.05, 0.1) is 6.10 Å². The van der Waals surface area contributed by atoms with Crippen LogP contribution in [-0.4, -0.2) is 18.7 Å². The van der Waals surface area contributed by atoms with Crippen LogP contribution in [0.3, 0.4) is 0 Å². The molecule has 0 aliphatic rings. The summed E-state index contributed by atoms with van der Waals surface area (Å²) in [6.45, 7) is 0.975. The molecule has 1 atom stereocenters. The molecule has 3 heteroatoms. The number of hydrogen-bond donors (Lipinski definition) is 2. The summed E-state index contributed by atoms with van der Waals surface area (Å²) in [5.41, 5.74) is 0. The maximum atomic E-state index is 9.62. The van der Waals surface area contributed by atoms with Crippen molar-refractivity contribution < 1.29 is 5.11 Å². The molecule has 1 aromatic heterocycles. The minimum atomic E-state index is -0.265. The van der Waals surface area contributed by atoms with Gasteiger partial charge in [-0.1, -0.05) is 6.07 Å². The van der Waals surface area contributed by atoms with Crippen LogP contribution in [0.25, 0.3) is 0 Å². The first kappa shape index (κ1) is 9.71. The van der Waals surface area contributed by atoms with Crippen molar-refractivity contribution in [3.05, 3.63) is 22.4 Å². The average molecular weight is 185 g/mol. The Morgan fingerprint density at radius 2 is 2.50 bits per heavy atom. The van der Waals surface area contributed by atoms with Crippen LogP contribution in [0, 0.1) is 0 Å². The van der Waals surface area contributed by atoms with E-state index in [0.29, 0.717) is 0 Å². The highest BCUT2D eigenvalue weighted by Gasteiger charge is 2.06. The molecule has 1 heterocycles. The van der Waals surface area contributed by atoms with Gasteiger partial charge in [0.25, 0.3) is 0 Å². The molecule has 0 spiro atoms. The fraction of sp³-hybridized carbons (Fsp3) is 0.556. The van der Waals surface area contributed by atoms with Crippen LogP contribution in [-0.2, 0) is 0 Å². The summed E-state index contributed by atoms with van der Waals surface area (Å²) in [7, 11) is 1.93. The standard InChI is InChI=1S/C9H15NOS/c1-10-6-2-4-8(11)9-5-3-7-12-9/h3,5,7-8,10-11H,2,4,6H2,1H3. The summed E-state index contributed by atoms with van der Waals surface area (Å²) >= 11 is 1.62. The van der Waals surface area contributed by atoms with Crippen molar-refractivity contribution in [1.29, 1.82) is 0 Å². The van der Waals surface area contributed by atoms with Crippen molar-refractivity contribution in [2.45, 2.75) is 18.9 Å². The lowest BCUT2D eigenvalue weighted by Gasteiger charge is -2.07.